The highest BCUT2D eigenvalue weighted by Gasteiger charge is 2.37. The number of rotatable bonds is 6. The largest absolute Gasteiger partial charge is 0.488 e. The quantitative estimate of drug-likeness (QED) is 0.452. The fourth-order valence-electron chi connectivity index (χ4n) is 2.71. The summed E-state index contributed by atoms with van der Waals surface area (Å²) in [5.41, 5.74) is 0.518. The Labute approximate surface area is 151 Å². The second-order valence-corrected chi connectivity index (χ2v) is 5.97. The van der Waals surface area contributed by atoms with Gasteiger partial charge in [-0.2, -0.15) is 0 Å². The molecule has 1 saturated heterocycles. The van der Waals surface area contributed by atoms with E-state index in [2.05, 4.69) is 5.16 Å². The van der Waals surface area contributed by atoms with Gasteiger partial charge >= 0.3 is 5.97 Å². The van der Waals surface area contributed by atoms with E-state index in [1.54, 1.807) is 19.1 Å². The molecule has 136 valence electrons. The molecule has 0 saturated carbocycles. The highest BCUT2D eigenvalue weighted by molar-refractivity contribution is 5.95. The SMILES string of the molecule is C/C(COc1ccccc1)=N\OC(=O)C1CCCN1C(=O)c1ccco1. The van der Waals surface area contributed by atoms with Gasteiger partial charge in [0, 0.05) is 6.54 Å². The van der Waals surface area contributed by atoms with Gasteiger partial charge in [0.1, 0.15) is 18.4 Å². The van der Waals surface area contributed by atoms with E-state index in [-0.39, 0.29) is 18.3 Å². The predicted octanol–water partition coefficient (Wildman–Crippen LogP) is 2.88. The number of hydrogen-bond donors (Lipinski definition) is 0. The van der Waals surface area contributed by atoms with Gasteiger partial charge in [0.15, 0.2) is 5.76 Å². The normalized spacial score (nSPS) is 17.2. The summed E-state index contributed by atoms with van der Waals surface area (Å²) in [4.78, 5) is 31.2. The zero-order valence-electron chi connectivity index (χ0n) is 14.5. The summed E-state index contributed by atoms with van der Waals surface area (Å²) >= 11 is 0. The number of para-hydroxylation sites is 1. The van der Waals surface area contributed by atoms with Gasteiger partial charge in [-0.1, -0.05) is 23.4 Å². The highest BCUT2D eigenvalue weighted by Crippen LogP contribution is 2.21. The summed E-state index contributed by atoms with van der Waals surface area (Å²) < 4.78 is 10.7. The number of oxime groups is 1. The lowest BCUT2D eigenvalue weighted by Gasteiger charge is -2.20. The molecule has 7 nitrogen and oxygen atoms in total. The van der Waals surface area contributed by atoms with Crippen LogP contribution in [0.25, 0.3) is 0 Å². The van der Waals surface area contributed by atoms with E-state index < -0.39 is 12.0 Å². The first-order chi connectivity index (χ1) is 12.6. The molecule has 2 aromatic rings. The monoisotopic (exact) mass is 356 g/mol. The van der Waals surface area contributed by atoms with Crippen LogP contribution >= 0.6 is 0 Å². The fourth-order valence-corrected chi connectivity index (χ4v) is 2.71. The average molecular weight is 356 g/mol. The number of hydrogen-bond acceptors (Lipinski definition) is 6. The van der Waals surface area contributed by atoms with Crippen molar-refractivity contribution < 1.29 is 23.6 Å². The zero-order chi connectivity index (χ0) is 18.4. The number of nitrogens with zero attached hydrogens (tertiary/aromatic N) is 2. The Bertz CT molecular complexity index is 770. The van der Waals surface area contributed by atoms with Gasteiger partial charge in [-0.15, -0.1) is 0 Å². The molecule has 26 heavy (non-hydrogen) atoms. The van der Waals surface area contributed by atoms with E-state index in [1.807, 2.05) is 30.3 Å². The molecule has 1 atom stereocenters. The van der Waals surface area contributed by atoms with Gasteiger partial charge in [-0.05, 0) is 44.0 Å². The van der Waals surface area contributed by atoms with Crippen molar-refractivity contribution in [3.05, 3.63) is 54.5 Å². The highest BCUT2D eigenvalue weighted by atomic mass is 16.7. The molecular weight excluding hydrogens is 336 g/mol. The van der Waals surface area contributed by atoms with Gasteiger partial charge in [0.25, 0.3) is 5.91 Å². The van der Waals surface area contributed by atoms with E-state index in [0.717, 1.165) is 6.42 Å². The molecule has 0 spiro atoms. The van der Waals surface area contributed by atoms with Crippen molar-refractivity contribution in [1.82, 2.24) is 4.90 Å². The van der Waals surface area contributed by atoms with Crippen LogP contribution < -0.4 is 4.74 Å². The molecule has 0 bridgehead atoms. The third-order valence-electron chi connectivity index (χ3n) is 4.00. The van der Waals surface area contributed by atoms with E-state index in [9.17, 15) is 9.59 Å². The van der Waals surface area contributed by atoms with Crippen molar-refractivity contribution >= 4 is 17.6 Å². The summed E-state index contributed by atoms with van der Waals surface area (Å²) in [6.07, 6.45) is 2.70. The molecule has 0 radical (unpaired) electrons. The maximum atomic E-state index is 12.4. The number of amides is 1. The van der Waals surface area contributed by atoms with E-state index >= 15 is 0 Å². The molecule has 0 aliphatic carbocycles. The van der Waals surface area contributed by atoms with Gasteiger partial charge in [0.05, 0.1) is 12.0 Å². The minimum atomic E-state index is -0.654. The first-order valence-corrected chi connectivity index (χ1v) is 8.42. The van der Waals surface area contributed by atoms with Crippen molar-refractivity contribution in [2.75, 3.05) is 13.2 Å². The molecule has 0 N–H and O–H groups in total. The number of likely N-dealkylation sites (tertiary alicyclic amines) is 1. The Morgan fingerprint density at radius 1 is 1.23 bits per heavy atom. The number of ether oxygens (including phenoxy) is 1. The maximum absolute atomic E-state index is 12.4. The summed E-state index contributed by atoms with van der Waals surface area (Å²) in [6, 6.07) is 11.8. The van der Waals surface area contributed by atoms with Crippen molar-refractivity contribution in [3.8, 4) is 5.75 Å². The summed E-state index contributed by atoms with van der Waals surface area (Å²) in [7, 11) is 0. The first-order valence-electron chi connectivity index (χ1n) is 8.42. The molecule has 2 heterocycles. The van der Waals surface area contributed by atoms with Crippen LogP contribution in [0.1, 0.15) is 30.3 Å². The Morgan fingerprint density at radius 2 is 2.04 bits per heavy atom. The summed E-state index contributed by atoms with van der Waals surface area (Å²) in [5.74, 6) is 0.0454. The Morgan fingerprint density at radius 3 is 2.77 bits per heavy atom. The van der Waals surface area contributed by atoms with Crippen molar-refractivity contribution in [2.24, 2.45) is 5.16 Å². The van der Waals surface area contributed by atoms with Crippen LogP contribution in [0.5, 0.6) is 5.75 Å². The Hall–Kier alpha value is -3.09. The second-order valence-electron chi connectivity index (χ2n) is 5.97. The molecule has 1 aromatic heterocycles. The van der Waals surface area contributed by atoms with Gasteiger partial charge in [0.2, 0.25) is 0 Å². The predicted molar refractivity (Wildman–Crippen MR) is 93.9 cm³/mol. The number of furan rings is 1. The molecule has 1 amide bonds. The third kappa shape index (κ3) is 4.30. The molecule has 1 aromatic carbocycles. The second kappa shape index (κ2) is 8.33. The lowest BCUT2D eigenvalue weighted by molar-refractivity contribution is -0.148. The van der Waals surface area contributed by atoms with Crippen LogP contribution in [-0.2, 0) is 9.63 Å². The van der Waals surface area contributed by atoms with Crippen molar-refractivity contribution in [2.45, 2.75) is 25.8 Å². The molecule has 1 unspecified atom stereocenters. The lowest BCUT2D eigenvalue weighted by atomic mass is 10.2. The zero-order valence-corrected chi connectivity index (χ0v) is 14.5. The minimum absolute atomic E-state index is 0.205. The van der Waals surface area contributed by atoms with Crippen LogP contribution in [0.15, 0.2) is 58.3 Å². The molecule has 1 fully saturated rings. The fraction of sp³-hybridized carbons (Fsp3) is 0.316. The standard InChI is InChI=1S/C19H20N2O5/c1-14(13-25-15-7-3-2-4-8-15)20-26-19(23)16-9-5-11-21(16)18(22)17-10-6-12-24-17/h2-4,6-8,10,12,16H,5,9,11,13H2,1H3/b20-14+. The van der Waals surface area contributed by atoms with E-state index in [1.165, 1.54) is 11.2 Å². The van der Waals surface area contributed by atoms with Crippen LogP contribution in [-0.4, -0.2) is 41.7 Å². The van der Waals surface area contributed by atoms with Crippen LogP contribution in [0.3, 0.4) is 0 Å². The van der Waals surface area contributed by atoms with E-state index in [4.69, 9.17) is 14.0 Å². The van der Waals surface area contributed by atoms with Crippen LogP contribution in [0.2, 0.25) is 0 Å². The third-order valence-corrected chi connectivity index (χ3v) is 4.00. The lowest BCUT2D eigenvalue weighted by Crippen LogP contribution is -2.41. The Kier molecular flexibility index (Phi) is 5.68. The number of carbonyl (C=O) groups is 2. The molecule has 1 aliphatic rings. The smallest absolute Gasteiger partial charge is 0.357 e. The molecule has 1 aliphatic heterocycles. The van der Waals surface area contributed by atoms with Gasteiger partial charge < -0.3 is 18.9 Å². The topological polar surface area (TPSA) is 81.3 Å². The maximum Gasteiger partial charge on any atom is 0.357 e. The molecule has 3 rings (SSSR count). The molecular formula is C19H20N2O5. The summed E-state index contributed by atoms with van der Waals surface area (Å²) in [6.45, 7) is 2.40. The molecule has 7 heteroatoms. The van der Waals surface area contributed by atoms with Gasteiger partial charge in [-0.3, -0.25) is 4.79 Å². The minimum Gasteiger partial charge on any atom is -0.488 e. The van der Waals surface area contributed by atoms with Crippen LogP contribution in [0.4, 0.5) is 0 Å². The van der Waals surface area contributed by atoms with Crippen molar-refractivity contribution in [1.29, 1.82) is 0 Å². The number of benzene rings is 1. The Balaban J connectivity index is 1.54. The van der Waals surface area contributed by atoms with Gasteiger partial charge in [-0.25, -0.2) is 4.79 Å². The number of carbonyl (C=O) groups excluding carboxylic acids is 2. The first kappa shape index (κ1) is 17.7. The van der Waals surface area contributed by atoms with Crippen molar-refractivity contribution in [3.63, 3.8) is 0 Å². The average Bonchev–Trinajstić information content (AvgIpc) is 3.36. The van der Waals surface area contributed by atoms with Crippen LogP contribution in [0, 0.1) is 0 Å². The van der Waals surface area contributed by atoms with E-state index in [0.29, 0.717) is 24.4 Å². The summed E-state index contributed by atoms with van der Waals surface area (Å²) in [5, 5.41) is 3.82.